The van der Waals surface area contributed by atoms with E-state index in [2.05, 4.69) is 17.9 Å². The Morgan fingerprint density at radius 2 is 2.27 bits per heavy atom. The Bertz CT molecular complexity index is 194. The summed E-state index contributed by atoms with van der Waals surface area (Å²) in [5, 5.41) is 0. The van der Waals surface area contributed by atoms with Gasteiger partial charge in [-0.25, -0.2) is 0 Å². The van der Waals surface area contributed by atoms with Crippen molar-refractivity contribution < 1.29 is 9.53 Å². The third kappa shape index (κ3) is 5.21. The summed E-state index contributed by atoms with van der Waals surface area (Å²) in [7, 11) is 2.63. The van der Waals surface area contributed by atoms with Crippen LogP contribution in [0.2, 0.25) is 0 Å². The molecule has 0 bridgehead atoms. The fourth-order valence-corrected chi connectivity index (χ4v) is 0.450. The van der Waals surface area contributed by atoms with Crippen LogP contribution in [0.1, 0.15) is 0 Å². The predicted molar refractivity (Wildman–Crippen MR) is 46.6 cm³/mol. The lowest BCUT2D eigenvalue weighted by Crippen LogP contribution is -2.09. The van der Waals surface area contributed by atoms with Gasteiger partial charge in [0.15, 0.2) is 0 Å². The molecule has 0 fully saturated rings. The SMILES string of the molecule is C=C/C=C\C(=C)[B]C(=O)OC. The first kappa shape index (κ1) is 9.75. The smallest absolute Gasteiger partial charge is 0.298 e. The van der Waals surface area contributed by atoms with E-state index in [0.29, 0.717) is 5.47 Å². The van der Waals surface area contributed by atoms with Crippen LogP contribution in [0.5, 0.6) is 0 Å². The number of allylic oxidation sites excluding steroid dienone is 4. The molecule has 0 rings (SSSR count). The summed E-state index contributed by atoms with van der Waals surface area (Å²) < 4.78 is 4.39. The van der Waals surface area contributed by atoms with Gasteiger partial charge >= 0.3 is 0 Å². The highest BCUT2D eigenvalue weighted by Gasteiger charge is 2.03. The van der Waals surface area contributed by atoms with E-state index in [1.54, 1.807) is 18.2 Å². The molecule has 57 valence electrons. The van der Waals surface area contributed by atoms with Gasteiger partial charge in [0, 0.05) is 0 Å². The Labute approximate surface area is 67.5 Å². The Morgan fingerprint density at radius 3 is 2.73 bits per heavy atom. The van der Waals surface area contributed by atoms with Crippen molar-refractivity contribution in [2.45, 2.75) is 0 Å². The first-order valence-corrected chi connectivity index (χ1v) is 3.11. The second kappa shape index (κ2) is 5.53. The molecule has 0 unspecified atom stereocenters. The number of hydrogen-bond acceptors (Lipinski definition) is 2. The van der Waals surface area contributed by atoms with Crippen LogP contribution < -0.4 is 0 Å². The van der Waals surface area contributed by atoms with Gasteiger partial charge in [-0.2, -0.15) is 0 Å². The van der Waals surface area contributed by atoms with Crippen LogP contribution in [0.15, 0.2) is 36.9 Å². The van der Waals surface area contributed by atoms with E-state index in [-0.39, 0.29) is 0 Å². The normalized spacial score (nSPS) is 9.18. The molecule has 0 aliphatic rings. The number of rotatable bonds is 4. The lowest BCUT2D eigenvalue weighted by molar-refractivity contribution is 0.198. The number of carbonyl (C=O) groups is 1. The van der Waals surface area contributed by atoms with Gasteiger partial charge in [-0.1, -0.05) is 30.3 Å². The van der Waals surface area contributed by atoms with Gasteiger partial charge in [0.25, 0.3) is 13.1 Å². The molecule has 0 aliphatic heterocycles. The predicted octanol–water partition coefficient (Wildman–Crippen LogP) is 1.71. The van der Waals surface area contributed by atoms with Crippen molar-refractivity contribution in [3.05, 3.63) is 36.9 Å². The maximum Gasteiger partial charge on any atom is 0.298 e. The summed E-state index contributed by atoms with van der Waals surface area (Å²) in [6.07, 6.45) is 4.97. The number of carbonyl (C=O) groups excluding carboxylic acids is 1. The van der Waals surface area contributed by atoms with Crippen molar-refractivity contribution in [1.82, 2.24) is 0 Å². The first-order valence-electron chi connectivity index (χ1n) is 3.11. The maximum atomic E-state index is 10.6. The fraction of sp³-hybridized carbons (Fsp3) is 0.125. The molecular weight excluding hydrogens is 139 g/mol. The Kier molecular flexibility index (Phi) is 4.91. The molecule has 0 amide bonds. The molecule has 0 atom stereocenters. The van der Waals surface area contributed by atoms with Gasteiger partial charge in [-0.3, -0.25) is 4.79 Å². The molecule has 0 N–H and O–H groups in total. The van der Waals surface area contributed by atoms with E-state index in [4.69, 9.17) is 0 Å². The molecule has 0 spiro atoms. The van der Waals surface area contributed by atoms with E-state index >= 15 is 0 Å². The Morgan fingerprint density at radius 1 is 1.64 bits per heavy atom. The lowest BCUT2D eigenvalue weighted by Gasteiger charge is -1.94. The van der Waals surface area contributed by atoms with E-state index in [1.807, 2.05) is 0 Å². The zero-order valence-electron chi connectivity index (χ0n) is 6.54. The highest BCUT2D eigenvalue weighted by atomic mass is 16.5. The van der Waals surface area contributed by atoms with Crippen LogP contribution in [0.3, 0.4) is 0 Å². The molecule has 0 aromatic heterocycles. The van der Waals surface area contributed by atoms with E-state index in [0.717, 1.165) is 0 Å². The zero-order chi connectivity index (χ0) is 8.69. The number of methoxy groups -OCH3 is 1. The minimum Gasteiger partial charge on any atom is -0.477 e. The molecule has 0 aliphatic carbocycles. The highest BCUT2D eigenvalue weighted by Crippen LogP contribution is 1.92. The first-order chi connectivity index (χ1) is 5.20. The Balaban J connectivity index is 3.78. The average Bonchev–Trinajstić information content (AvgIpc) is 2.00. The molecule has 1 radical (unpaired) electrons. The van der Waals surface area contributed by atoms with Crippen molar-refractivity contribution in [1.29, 1.82) is 0 Å². The molecule has 2 nitrogen and oxygen atoms in total. The summed E-state index contributed by atoms with van der Waals surface area (Å²) in [5.74, 6) is -0.399. The van der Waals surface area contributed by atoms with Crippen molar-refractivity contribution in [3.63, 3.8) is 0 Å². The molecule has 0 saturated carbocycles. The second-order valence-corrected chi connectivity index (χ2v) is 1.84. The summed E-state index contributed by atoms with van der Waals surface area (Å²) in [4.78, 5) is 10.6. The molecule has 0 heterocycles. The number of ether oxygens (including phenoxy) is 1. The third-order valence-electron chi connectivity index (χ3n) is 0.951. The molecule has 0 saturated heterocycles. The fourth-order valence-electron chi connectivity index (χ4n) is 0.450. The monoisotopic (exact) mass is 149 g/mol. The summed E-state index contributed by atoms with van der Waals surface area (Å²) in [6, 6.07) is 0. The van der Waals surface area contributed by atoms with Gasteiger partial charge in [0.1, 0.15) is 0 Å². The van der Waals surface area contributed by atoms with Crippen molar-refractivity contribution in [2.24, 2.45) is 0 Å². The molecule has 3 heteroatoms. The van der Waals surface area contributed by atoms with E-state index in [1.165, 1.54) is 14.4 Å². The molecular formula is C8H10BO2. The minimum absolute atomic E-state index is 0.399. The number of hydrogen-bond donors (Lipinski definition) is 0. The van der Waals surface area contributed by atoms with Crippen molar-refractivity contribution in [2.75, 3.05) is 7.11 Å². The molecule has 0 aromatic rings. The summed E-state index contributed by atoms with van der Waals surface area (Å²) >= 11 is 0. The van der Waals surface area contributed by atoms with E-state index in [9.17, 15) is 4.79 Å². The van der Waals surface area contributed by atoms with Crippen molar-refractivity contribution >= 4 is 13.1 Å². The van der Waals surface area contributed by atoms with Crippen LogP contribution >= 0.6 is 0 Å². The topological polar surface area (TPSA) is 26.3 Å². The van der Waals surface area contributed by atoms with Gasteiger partial charge in [-0.15, -0.1) is 6.58 Å². The van der Waals surface area contributed by atoms with Crippen LogP contribution in [0, 0.1) is 0 Å². The average molecular weight is 149 g/mol. The zero-order valence-corrected chi connectivity index (χ0v) is 6.54. The summed E-state index contributed by atoms with van der Waals surface area (Å²) in [5.41, 5.74) is 0.594. The van der Waals surface area contributed by atoms with E-state index < -0.39 is 5.87 Å². The highest BCUT2D eigenvalue weighted by molar-refractivity contribution is 6.78. The maximum absolute atomic E-state index is 10.6. The summed E-state index contributed by atoms with van der Waals surface area (Å²) in [6.45, 7) is 7.06. The van der Waals surface area contributed by atoms with Gasteiger partial charge in [-0.05, 0) is 0 Å². The standard InChI is InChI=1S/C8H10BO2/c1-4-5-6-7(2)9-8(10)11-3/h4-6H,1-2H2,3H3/b6-5-. The van der Waals surface area contributed by atoms with Gasteiger partial charge in [0.05, 0.1) is 7.11 Å². The lowest BCUT2D eigenvalue weighted by atomic mass is 9.70. The van der Waals surface area contributed by atoms with Crippen molar-refractivity contribution in [3.8, 4) is 0 Å². The third-order valence-corrected chi connectivity index (χ3v) is 0.951. The molecule has 0 aromatic carbocycles. The van der Waals surface area contributed by atoms with Crippen LogP contribution in [0.4, 0.5) is 4.79 Å². The van der Waals surface area contributed by atoms with Gasteiger partial charge in [0.2, 0.25) is 0 Å². The van der Waals surface area contributed by atoms with Gasteiger partial charge < -0.3 is 4.74 Å². The Hall–Kier alpha value is -1.25. The molecule has 11 heavy (non-hydrogen) atoms. The second-order valence-electron chi connectivity index (χ2n) is 1.84. The van der Waals surface area contributed by atoms with Crippen LogP contribution in [0.25, 0.3) is 0 Å². The van der Waals surface area contributed by atoms with Crippen LogP contribution in [-0.4, -0.2) is 20.3 Å². The minimum atomic E-state index is -0.399. The largest absolute Gasteiger partial charge is 0.477 e. The van der Waals surface area contributed by atoms with Crippen LogP contribution in [-0.2, 0) is 4.74 Å². The quantitative estimate of drug-likeness (QED) is 0.449.